The van der Waals surface area contributed by atoms with Gasteiger partial charge in [-0.05, 0) is 53.1 Å². The number of rotatable bonds is 6. The lowest BCUT2D eigenvalue weighted by Gasteiger charge is -2.32. The third-order valence-corrected chi connectivity index (χ3v) is 4.94. The molecule has 0 spiro atoms. The van der Waals surface area contributed by atoms with Gasteiger partial charge in [0.25, 0.3) is 0 Å². The van der Waals surface area contributed by atoms with Crippen LogP contribution in [0.1, 0.15) is 40.0 Å². The van der Waals surface area contributed by atoms with Crippen LogP contribution in [0.3, 0.4) is 0 Å². The van der Waals surface area contributed by atoms with Crippen molar-refractivity contribution in [2.24, 2.45) is 5.92 Å². The van der Waals surface area contributed by atoms with Gasteiger partial charge >= 0.3 is 0 Å². The first-order valence-electron chi connectivity index (χ1n) is 7.94. The number of hydrogen-bond donors (Lipinski definition) is 1. The lowest BCUT2D eigenvalue weighted by atomic mass is 9.94. The van der Waals surface area contributed by atoms with Gasteiger partial charge in [-0.3, -0.25) is 10.2 Å². The monoisotopic (exact) mass is 278 g/mol. The van der Waals surface area contributed by atoms with Crippen LogP contribution in [0.4, 0.5) is 0 Å². The summed E-state index contributed by atoms with van der Waals surface area (Å²) in [5.41, 5.74) is -0.375. The van der Waals surface area contributed by atoms with E-state index in [1.54, 1.807) is 0 Å². The van der Waals surface area contributed by atoms with Crippen molar-refractivity contribution >= 4 is 0 Å². The maximum Gasteiger partial charge on any atom is 0.105 e. The van der Waals surface area contributed by atoms with E-state index in [0.717, 1.165) is 19.5 Å². The highest BCUT2D eigenvalue weighted by molar-refractivity contribution is 5.09. The van der Waals surface area contributed by atoms with Gasteiger partial charge in [0.05, 0.1) is 6.07 Å². The summed E-state index contributed by atoms with van der Waals surface area (Å²) in [5, 5.41) is 13.0. The molecule has 1 saturated heterocycles. The molecule has 20 heavy (non-hydrogen) atoms. The van der Waals surface area contributed by atoms with Crippen molar-refractivity contribution in [3.05, 3.63) is 0 Å². The third kappa shape index (κ3) is 3.72. The second-order valence-corrected chi connectivity index (χ2v) is 7.38. The van der Waals surface area contributed by atoms with Crippen molar-refractivity contribution in [2.75, 3.05) is 27.2 Å². The molecule has 4 nitrogen and oxygen atoms in total. The van der Waals surface area contributed by atoms with Crippen LogP contribution in [0.15, 0.2) is 0 Å². The Bertz CT molecular complexity index is 371. The Labute approximate surface area is 124 Å². The summed E-state index contributed by atoms with van der Waals surface area (Å²) in [4.78, 5) is 4.89. The van der Waals surface area contributed by atoms with Crippen LogP contribution in [0.25, 0.3) is 0 Å². The summed E-state index contributed by atoms with van der Waals surface area (Å²) in [7, 11) is 4.34. The average Bonchev–Trinajstić information content (AvgIpc) is 3.08. The van der Waals surface area contributed by atoms with Crippen molar-refractivity contribution in [3.63, 3.8) is 0 Å². The molecule has 1 aliphatic heterocycles. The van der Waals surface area contributed by atoms with Crippen molar-refractivity contribution in [3.8, 4) is 6.07 Å². The van der Waals surface area contributed by atoms with Crippen molar-refractivity contribution in [1.29, 1.82) is 5.26 Å². The largest absolute Gasteiger partial charge is 0.305 e. The highest BCUT2D eigenvalue weighted by atomic mass is 15.3. The average molecular weight is 278 g/mol. The molecule has 4 heteroatoms. The maximum absolute atomic E-state index is 9.51. The molecule has 0 amide bonds. The molecule has 4 unspecified atom stereocenters. The van der Waals surface area contributed by atoms with Gasteiger partial charge in [-0.25, -0.2) is 0 Å². The Morgan fingerprint density at radius 3 is 2.50 bits per heavy atom. The van der Waals surface area contributed by atoms with E-state index in [1.807, 2.05) is 0 Å². The summed E-state index contributed by atoms with van der Waals surface area (Å²) in [6.45, 7) is 8.94. The Hall–Kier alpha value is -0.630. The quantitative estimate of drug-likeness (QED) is 0.803. The molecule has 1 heterocycles. The predicted molar refractivity (Wildman–Crippen MR) is 82.5 cm³/mol. The molecular formula is C16H30N4. The van der Waals surface area contributed by atoms with Crippen molar-refractivity contribution in [2.45, 2.75) is 63.7 Å². The zero-order chi connectivity index (χ0) is 14.9. The minimum absolute atomic E-state index is 0.375. The van der Waals surface area contributed by atoms with Gasteiger partial charge in [0.1, 0.15) is 5.54 Å². The van der Waals surface area contributed by atoms with E-state index >= 15 is 0 Å². The van der Waals surface area contributed by atoms with E-state index < -0.39 is 0 Å². The molecule has 0 aromatic heterocycles. The van der Waals surface area contributed by atoms with E-state index in [9.17, 15) is 5.26 Å². The summed E-state index contributed by atoms with van der Waals surface area (Å²) < 4.78 is 0. The standard InChI is InChI=1S/C16H30N4/c1-12-9-20(10-15(12)19(4)5)13(2)8-16(3,11-17)18-14-6-7-14/h12-15,18H,6-10H2,1-5H3. The molecule has 1 aliphatic carbocycles. The number of hydrogen-bond acceptors (Lipinski definition) is 4. The fourth-order valence-corrected chi connectivity index (χ4v) is 3.55. The van der Waals surface area contributed by atoms with Crippen molar-refractivity contribution in [1.82, 2.24) is 15.1 Å². The minimum atomic E-state index is -0.375. The first-order valence-corrected chi connectivity index (χ1v) is 7.94. The first kappa shape index (κ1) is 15.8. The fraction of sp³-hybridized carbons (Fsp3) is 0.938. The van der Waals surface area contributed by atoms with E-state index in [1.165, 1.54) is 12.8 Å². The molecule has 2 fully saturated rings. The van der Waals surface area contributed by atoms with Gasteiger partial charge in [0, 0.05) is 31.2 Å². The molecule has 1 N–H and O–H groups in total. The zero-order valence-electron chi connectivity index (χ0n) is 13.7. The van der Waals surface area contributed by atoms with Crippen LogP contribution in [0.5, 0.6) is 0 Å². The zero-order valence-corrected chi connectivity index (χ0v) is 13.7. The second-order valence-electron chi connectivity index (χ2n) is 7.38. The van der Waals surface area contributed by atoms with E-state index in [-0.39, 0.29) is 5.54 Å². The van der Waals surface area contributed by atoms with E-state index in [0.29, 0.717) is 24.0 Å². The minimum Gasteiger partial charge on any atom is -0.305 e. The second kappa shape index (κ2) is 6.01. The van der Waals surface area contributed by atoms with Crippen LogP contribution in [-0.4, -0.2) is 60.6 Å². The van der Waals surface area contributed by atoms with Gasteiger partial charge < -0.3 is 4.90 Å². The molecule has 0 radical (unpaired) electrons. The molecule has 1 saturated carbocycles. The van der Waals surface area contributed by atoms with Gasteiger partial charge in [0.2, 0.25) is 0 Å². The molecule has 114 valence electrons. The summed E-state index contributed by atoms with van der Waals surface area (Å²) in [5.74, 6) is 0.706. The Morgan fingerprint density at radius 1 is 1.40 bits per heavy atom. The summed E-state index contributed by atoms with van der Waals surface area (Å²) in [6.07, 6.45) is 3.37. The van der Waals surface area contributed by atoms with Crippen LogP contribution < -0.4 is 5.32 Å². The van der Waals surface area contributed by atoms with Gasteiger partial charge in [-0.15, -0.1) is 0 Å². The predicted octanol–water partition coefficient (Wildman–Crippen LogP) is 1.68. The topological polar surface area (TPSA) is 42.3 Å². The van der Waals surface area contributed by atoms with Crippen LogP contribution in [0.2, 0.25) is 0 Å². The number of nitriles is 1. The van der Waals surface area contributed by atoms with E-state index in [4.69, 9.17) is 0 Å². The fourth-order valence-electron chi connectivity index (χ4n) is 3.55. The maximum atomic E-state index is 9.51. The Kier molecular flexibility index (Phi) is 4.73. The van der Waals surface area contributed by atoms with Gasteiger partial charge in [0.15, 0.2) is 0 Å². The third-order valence-electron chi connectivity index (χ3n) is 4.94. The SMILES string of the molecule is CC1CN(C(C)CC(C)(C#N)NC2CC2)CC1N(C)C. The normalized spacial score (nSPS) is 32.0. The lowest BCUT2D eigenvalue weighted by Crippen LogP contribution is -2.48. The molecule has 0 bridgehead atoms. The highest BCUT2D eigenvalue weighted by Gasteiger charge is 2.38. The van der Waals surface area contributed by atoms with Crippen molar-refractivity contribution < 1.29 is 0 Å². The Morgan fingerprint density at radius 2 is 2.05 bits per heavy atom. The number of nitrogens with zero attached hydrogens (tertiary/aromatic N) is 3. The molecule has 2 aliphatic rings. The summed E-state index contributed by atoms with van der Waals surface area (Å²) >= 11 is 0. The highest BCUT2D eigenvalue weighted by Crippen LogP contribution is 2.28. The molecular weight excluding hydrogens is 248 g/mol. The molecule has 0 aromatic rings. The molecule has 0 aromatic carbocycles. The number of nitrogens with one attached hydrogen (secondary N) is 1. The van der Waals surface area contributed by atoms with E-state index in [2.05, 4.69) is 56.1 Å². The lowest BCUT2D eigenvalue weighted by molar-refractivity contribution is 0.194. The summed E-state index contributed by atoms with van der Waals surface area (Å²) in [6, 6.07) is 4.18. The van der Waals surface area contributed by atoms with Crippen LogP contribution in [0, 0.1) is 17.2 Å². The Balaban J connectivity index is 1.91. The number of likely N-dealkylation sites (tertiary alicyclic amines) is 1. The first-order chi connectivity index (χ1) is 9.34. The molecule has 4 atom stereocenters. The van der Waals surface area contributed by atoms with Crippen LogP contribution >= 0.6 is 0 Å². The molecule has 2 rings (SSSR count). The number of likely N-dealkylation sites (N-methyl/N-ethyl adjacent to an activating group) is 1. The van der Waals surface area contributed by atoms with Gasteiger partial charge in [-0.1, -0.05) is 6.92 Å². The van der Waals surface area contributed by atoms with Crippen LogP contribution in [-0.2, 0) is 0 Å². The van der Waals surface area contributed by atoms with Gasteiger partial charge in [-0.2, -0.15) is 5.26 Å². The smallest absolute Gasteiger partial charge is 0.105 e.